The van der Waals surface area contributed by atoms with Crippen LogP contribution in [0.5, 0.6) is 5.75 Å². The van der Waals surface area contributed by atoms with Gasteiger partial charge in [-0.2, -0.15) is 0 Å². The molecule has 4 heterocycles. The van der Waals surface area contributed by atoms with Gasteiger partial charge in [0.15, 0.2) is 0 Å². The van der Waals surface area contributed by atoms with Gasteiger partial charge in [-0.3, -0.25) is 9.59 Å². The number of hydrogen-bond acceptors (Lipinski definition) is 6. The number of nitrogens with one attached hydrogen (secondary N) is 1. The number of carbonyl (C=O) groups excluding carboxylic acids is 2. The molecule has 2 saturated carbocycles. The Labute approximate surface area is 270 Å². The number of nitrogens with zero attached hydrogens (tertiary/aromatic N) is 2. The fourth-order valence-corrected chi connectivity index (χ4v) is 9.56. The Morgan fingerprint density at radius 3 is 2.43 bits per heavy atom. The first-order valence-electron chi connectivity index (χ1n) is 16.9. The molecule has 10 heteroatoms. The average Bonchev–Trinajstić information content (AvgIpc) is 3.65. The zero-order valence-corrected chi connectivity index (χ0v) is 27.7. The van der Waals surface area contributed by atoms with Crippen LogP contribution in [0, 0.1) is 5.41 Å². The number of ether oxygens (including phenoxy) is 2. The van der Waals surface area contributed by atoms with Gasteiger partial charge in [0.1, 0.15) is 5.75 Å². The molecule has 46 heavy (non-hydrogen) atoms. The predicted molar refractivity (Wildman–Crippen MR) is 176 cm³/mol. The first kappa shape index (κ1) is 30.0. The third kappa shape index (κ3) is 4.53. The quantitative estimate of drug-likeness (QED) is 0.368. The minimum atomic E-state index is -3.80. The maximum Gasteiger partial charge on any atom is 0.264 e. The highest BCUT2D eigenvalue weighted by molar-refractivity contribution is 7.90. The molecule has 3 aromatic rings. The Balaban J connectivity index is 1.33. The summed E-state index contributed by atoms with van der Waals surface area (Å²) in [5, 5.41) is 0.351. The second kappa shape index (κ2) is 10.8. The molecule has 2 aliphatic carbocycles. The van der Waals surface area contributed by atoms with Gasteiger partial charge in [0.05, 0.1) is 48.8 Å². The van der Waals surface area contributed by atoms with E-state index in [2.05, 4.69) is 26.3 Å². The molecule has 8 rings (SSSR count). The average molecular weight is 646 g/mol. The molecular weight excluding hydrogens is 602 g/mol. The number of morpholine rings is 1. The number of sulfonamides is 1. The number of methoxy groups -OCH3 is 1. The van der Waals surface area contributed by atoms with Gasteiger partial charge in [-0.25, -0.2) is 13.1 Å². The molecule has 4 atom stereocenters. The Morgan fingerprint density at radius 1 is 1.00 bits per heavy atom. The van der Waals surface area contributed by atoms with Crippen molar-refractivity contribution < 1.29 is 27.5 Å². The monoisotopic (exact) mass is 645 g/mol. The summed E-state index contributed by atoms with van der Waals surface area (Å²) in [4.78, 5) is 30.4. The van der Waals surface area contributed by atoms with Crippen molar-refractivity contribution in [2.24, 2.45) is 5.41 Å². The van der Waals surface area contributed by atoms with Crippen molar-refractivity contribution in [2.75, 3.05) is 20.3 Å². The summed E-state index contributed by atoms with van der Waals surface area (Å²) in [6.45, 7) is 4.80. The molecule has 0 spiro atoms. The summed E-state index contributed by atoms with van der Waals surface area (Å²) < 4.78 is 41.4. The molecule has 2 aromatic carbocycles. The fourth-order valence-electron chi connectivity index (χ4n) is 8.95. The van der Waals surface area contributed by atoms with Crippen molar-refractivity contribution in [3.63, 3.8) is 0 Å². The van der Waals surface area contributed by atoms with Gasteiger partial charge in [0, 0.05) is 34.5 Å². The highest BCUT2D eigenvalue weighted by Crippen LogP contribution is 2.66. The van der Waals surface area contributed by atoms with Crippen molar-refractivity contribution in [3.05, 3.63) is 53.1 Å². The maximum absolute atomic E-state index is 14.8. The van der Waals surface area contributed by atoms with Gasteiger partial charge in [0.25, 0.3) is 5.91 Å². The minimum Gasteiger partial charge on any atom is -0.497 e. The number of fused-ring (bicyclic) bond motifs is 9. The summed E-state index contributed by atoms with van der Waals surface area (Å²) in [6, 6.07) is 12.1. The van der Waals surface area contributed by atoms with Crippen LogP contribution in [0.3, 0.4) is 0 Å². The van der Waals surface area contributed by atoms with Crippen molar-refractivity contribution in [2.45, 2.75) is 101 Å². The van der Waals surface area contributed by atoms with Crippen molar-refractivity contribution >= 4 is 32.7 Å². The van der Waals surface area contributed by atoms with E-state index in [4.69, 9.17) is 9.47 Å². The highest BCUT2D eigenvalue weighted by Gasteiger charge is 2.65. The van der Waals surface area contributed by atoms with Gasteiger partial charge in [0.2, 0.25) is 15.9 Å². The maximum atomic E-state index is 14.8. The lowest BCUT2D eigenvalue weighted by Gasteiger charge is -2.37. The summed E-state index contributed by atoms with van der Waals surface area (Å²) in [5.74, 6) is 0.785. The molecule has 244 valence electrons. The summed E-state index contributed by atoms with van der Waals surface area (Å²) in [6.07, 6.45) is 8.47. The van der Waals surface area contributed by atoms with Gasteiger partial charge >= 0.3 is 0 Å². The van der Waals surface area contributed by atoms with Crippen LogP contribution in [0.2, 0.25) is 0 Å². The van der Waals surface area contributed by atoms with Crippen LogP contribution >= 0.6 is 0 Å². The van der Waals surface area contributed by atoms with Crippen molar-refractivity contribution in [3.8, 4) is 17.0 Å². The van der Waals surface area contributed by atoms with E-state index in [0.717, 1.165) is 65.6 Å². The molecule has 2 amide bonds. The van der Waals surface area contributed by atoms with E-state index in [9.17, 15) is 18.0 Å². The van der Waals surface area contributed by atoms with Crippen LogP contribution in [0.15, 0.2) is 36.4 Å². The van der Waals surface area contributed by atoms with E-state index in [-0.39, 0.29) is 23.9 Å². The van der Waals surface area contributed by atoms with Crippen molar-refractivity contribution in [1.82, 2.24) is 14.2 Å². The Kier molecular flexibility index (Phi) is 7.07. The number of rotatable bonds is 6. The van der Waals surface area contributed by atoms with Crippen LogP contribution in [-0.4, -0.2) is 67.4 Å². The normalized spacial score (nSPS) is 27.1. The predicted octanol–water partition coefficient (Wildman–Crippen LogP) is 5.71. The van der Waals surface area contributed by atoms with Crippen LogP contribution in [0.1, 0.15) is 98.5 Å². The third-order valence-electron chi connectivity index (χ3n) is 11.5. The lowest BCUT2D eigenvalue weighted by atomic mass is 9.81. The van der Waals surface area contributed by atoms with E-state index in [1.165, 1.54) is 24.8 Å². The molecular formula is C36H43N3O6S. The van der Waals surface area contributed by atoms with E-state index < -0.39 is 26.6 Å². The van der Waals surface area contributed by atoms with Gasteiger partial charge in [-0.15, -0.1) is 0 Å². The van der Waals surface area contributed by atoms with Gasteiger partial charge in [-0.1, -0.05) is 25.3 Å². The molecule has 0 radical (unpaired) electrons. The van der Waals surface area contributed by atoms with Crippen LogP contribution in [0.4, 0.5) is 0 Å². The smallest absolute Gasteiger partial charge is 0.264 e. The fraction of sp³-hybridized carbons (Fsp3) is 0.556. The summed E-state index contributed by atoms with van der Waals surface area (Å²) >= 11 is 0. The van der Waals surface area contributed by atoms with Crippen molar-refractivity contribution in [1.29, 1.82) is 0 Å². The largest absolute Gasteiger partial charge is 0.497 e. The molecule has 5 aliphatic rings. The third-order valence-corrected chi connectivity index (χ3v) is 13.3. The lowest BCUT2D eigenvalue weighted by Crippen LogP contribution is -2.52. The highest BCUT2D eigenvalue weighted by atomic mass is 32.2. The molecule has 9 nitrogen and oxygen atoms in total. The molecule has 2 bridgehead atoms. The molecule has 2 saturated heterocycles. The standard InChI is InChI=1S/C36H43N3O6S/c1-21(2)46(42,43)37-34(40)23-9-13-28-31(15-23)38-20-36(35(41)39-24-10-11-25(39)19-45-18-24)17-30(36)29-16-26(44-3)12-14-27(29)33(38)32(28)22-7-5-4-6-8-22/h9,12-16,21-22,24-25,30H,4-8,10-11,17-20H2,1-3H3,(H,37,40). The van der Waals surface area contributed by atoms with Gasteiger partial charge in [-0.05, 0) is 93.3 Å². The topological polar surface area (TPSA) is 107 Å². The second-order valence-electron chi connectivity index (χ2n) is 14.4. The van der Waals surface area contributed by atoms with Crippen LogP contribution < -0.4 is 9.46 Å². The number of amides is 2. The first-order chi connectivity index (χ1) is 22.1. The van der Waals surface area contributed by atoms with E-state index >= 15 is 0 Å². The number of aromatic nitrogens is 1. The first-order valence-corrected chi connectivity index (χ1v) is 18.5. The number of hydrogen-bond donors (Lipinski definition) is 1. The minimum absolute atomic E-state index is 0.0594. The molecule has 1 aromatic heterocycles. The van der Waals surface area contributed by atoms with E-state index in [0.29, 0.717) is 31.2 Å². The van der Waals surface area contributed by atoms with E-state index in [1.807, 2.05) is 18.2 Å². The Hall–Kier alpha value is -3.37. The van der Waals surface area contributed by atoms with E-state index in [1.54, 1.807) is 27.0 Å². The van der Waals surface area contributed by atoms with Crippen LogP contribution in [-0.2, 0) is 26.1 Å². The molecule has 4 fully saturated rings. The van der Waals surface area contributed by atoms with Crippen LogP contribution in [0.25, 0.3) is 22.2 Å². The zero-order valence-electron chi connectivity index (χ0n) is 26.9. The second-order valence-corrected chi connectivity index (χ2v) is 16.7. The Bertz CT molecular complexity index is 1840. The molecule has 4 unspecified atom stereocenters. The molecule has 3 aliphatic heterocycles. The lowest BCUT2D eigenvalue weighted by molar-refractivity contribution is -0.147. The number of carbonyl (C=O) groups is 2. The Morgan fingerprint density at radius 2 is 1.74 bits per heavy atom. The summed E-state index contributed by atoms with van der Waals surface area (Å²) in [7, 11) is -2.11. The summed E-state index contributed by atoms with van der Waals surface area (Å²) in [5.41, 5.74) is 5.29. The SMILES string of the molecule is COc1ccc2c(c1)C1CC1(C(=O)N1C3CCC1COC3)Cn1c-2c(C2CCCCC2)c2ccc(C(=O)NS(=O)(=O)C(C)C)cc21. The zero-order chi connectivity index (χ0) is 32.0. The number of benzene rings is 2. The molecule has 1 N–H and O–H groups in total. The van der Waals surface area contributed by atoms with Gasteiger partial charge < -0.3 is 18.9 Å².